The van der Waals surface area contributed by atoms with Crippen LogP contribution in [0.3, 0.4) is 0 Å². The second kappa shape index (κ2) is 7.63. The van der Waals surface area contributed by atoms with E-state index in [-0.39, 0.29) is 6.54 Å². The van der Waals surface area contributed by atoms with Crippen molar-refractivity contribution in [3.63, 3.8) is 0 Å². The molecule has 3 rings (SSSR count). The number of aliphatic hydroxyl groups is 1. The van der Waals surface area contributed by atoms with Crippen LogP contribution in [0.2, 0.25) is 0 Å². The van der Waals surface area contributed by atoms with E-state index in [1.807, 2.05) is 36.4 Å². The Balaban J connectivity index is 1.55. The first kappa shape index (κ1) is 17.4. The molecule has 132 valence electrons. The summed E-state index contributed by atoms with van der Waals surface area (Å²) >= 11 is 0. The van der Waals surface area contributed by atoms with E-state index in [4.69, 9.17) is 10.5 Å². The number of amides is 1. The first-order valence-corrected chi connectivity index (χ1v) is 8.40. The van der Waals surface area contributed by atoms with Crippen molar-refractivity contribution >= 4 is 5.91 Å². The summed E-state index contributed by atoms with van der Waals surface area (Å²) < 4.78 is 5.75. The topological polar surface area (TPSA) is 88.7 Å². The van der Waals surface area contributed by atoms with Gasteiger partial charge in [0.2, 0.25) is 0 Å². The third-order valence-electron chi connectivity index (χ3n) is 4.47. The minimum Gasteiger partial charge on any atom is -0.489 e. The van der Waals surface area contributed by atoms with E-state index in [2.05, 4.69) is 9.88 Å². The Labute approximate surface area is 147 Å². The second-order valence-corrected chi connectivity index (χ2v) is 6.50. The minimum atomic E-state index is -1.41. The Morgan fingerprint density at radius 3 is 2.76 bits per heavy atom. The van der Waals surface area contributed by atoms with E-state index < -0.39 is 11.5 Å². The van der Waals surface area contributed by atoms with Crippen LogP contribution >= 0.6 is 0 Å². The lowest BCUT2D eigenvalue weighted by Gasteiger charge is -2.37. The predicted octanol–water partition coefficient (Wildman–Crippen LogP) is 1.47. The van der Waals surface area contributed by atoms with Gasteiger partial charge in [-0.15, -0.1) is 0 Å². The number of aromatic nitrogens is 1. The first-order valence-electron chi connectivity index (χ1n) is 8.40. The maximum atomic E-state index is 11.4. The molecule has 6 heteroatoms. The summed E-state index contributed by atoms with van der Waals surface area (Å²) in [5.41, 5.74) is 6.03. The van der Waals surface area contributed by atoms with Crippen LogP contribution in [0.5, 0.6) is 5.75 Å². The van der Waals surface area contributed by atoms with Crippen molar-refractivity contribution in [2.24, 2.45) is 5.73 Å². The highest BCUT2D eigenvalue weighted by Crippen LogP contribution is 2.23. The Morgan fingerprint density at radius 1 is 1.28 bits per heavy atom. The van der Waals surface area contributed by atoms with Gasteiger partial charge in [-0.1, -0.05) is 18.2 Å². The van der Waals surface area contributed by atoms with Gasteiger partial charge in [0.15, 0.2) is 5.60 Å². The number of nitrogens with zero attached hydrogens (tertiary/aromatic N) is 2. The molecule has 1 saturated heterocycles. The molecule has 0 saturated carbocycles. The van der Waals surface area contributed by atoms with E-state index in [1.165, 1.54) is 0 Å². The molecule has 1 aliphatic heterocycles. The summed E-state index contributed by atoms with van der Waals surface area (Å²) in [6, 6.07) is 11.7. The van der Waals surface area contributed by atoms with Crippen molar-refractivity contribution in [1.82, 2.24) is 9.88 Å². The molecule has 1 fully saturated rings. The molecule has 3 N–H and O–H groups in total. The largest absolute Gasteiger partial charge is 0.489 e. The van der Waals surface area contributed by atoms with Crippen molar-refractivity contribution < 1.29 is 14.6 Å². The average molecular weight is 341 g/mol. The molecule has 0 bridgehead atoms. The molecular formula is C19H23N3O3. The lowest BCUT2D eigenvalue weighted by atomic mass is 9.92. The van der Waals surface area contributed by atoms with E-state index >= 15 is 0 Å². The van der Waals surface area contributed by atoms with Crippen LogP contribution in [0.25, 0.3) is 0 Å². The van der Waals surface area contributed by atoms with Gasteiger partial charge in [0.1, 0.15) is 12.4 Å². The number of likely N-dealkylation sites (tertiary alicyclic amines) is 1. The zero-order valence-corrected chi connectivity index (χ0v) is 14.1. The Kier molecular flexibility index (Phi) is 5.31. The fourth-order valence-electron chi connectivity index (χ4n) is 3.06. The number of nitrogens with two attached hydrogens (primary N) is 1. The number of rotatable bonds is 6. The summed E-state index contributed by atoms with van der Waals surface area (Å²) in [4.78, 5) is 17.5. The van der Waals surface area contributed by atoms with Gasteiger partial charge in [0, 0.05) is 31.0 Å². The van der Waals surface area contributed by atoms with Gasteiger partial charge in [0.25, 0.3) is 5.91 Å². The number of hydrogen-bond donors (Lipinski definition) is 2. The fourth-order valence-corrected chi connectivity index (χ4v) is 3.06. The summed E-state index contributed by atoms with van der Waals surface area (Å²) in [6.07, 6.45) is 4.70. The molecule has 2 heterocycles. The number of hydrogen-bond acceptors (Lipinski definition) is 5. The van der Waals surface area contributed by atoms with Crippen LogP contribution in [0, 0.1) is 0 Å². The highest BCUT2D eigenvalue weighted by atomic mass is 16.5. The highest BCUT2D eigenvalue weighted by molar-refractivity contribution is 5.83. The molecule has 1 aromatic heterocycles. The van der Waals surface area contributed by atoms with Gasteiger partial charge >= 0.3 is 0 Å². The molecule has 0 radical (unpaired) electrons. The summed E-state index contributed by atoms with van der Waals surface area (Å²) in [5.74, 6) is 0.149. The number of carbonyl (C=O) groups excluding carboxylic acids is 1. The standard InChI is InChI=1S/C19H23N3O3/c20-18(23)19(24)8-2-10-22(14-19)12-15-4-6-17(7-5-15)25-13-16-3-1-9-21-11-16/h1,3-7,9,11,24H,2,8,10,12-14H2,(H2,20,23). The van der Waals surface area contributed by atoms with Gasteiger partial charge in [-0.05, 0) is 43.1 Å². The zero-order valence-electron chi connectivity index (χ0n) is 14.1. The second-order valence-electron chi connectivity index (χ2n) is 6.50. The molecule has 1 aliphatic rings. The van der Waals surface area contributed by atoms with E-state index in [1.54, 1.807) is 12.4 Å². The van der Waals surface area contributed by atoms with Crippen molar-refractivity contribution in [2.45, 2.75) is 31.6 Å². The quantitative estimate of drug-likeness (QED) is 0.831. The Bertz CT molecular complexity index is 706. The number of pyridine rings is 1. The number of carbonyl (C=O) groups is 1. The molecular weight excluding hydrogens is 318 g/mol. The van der Waals surface area contributed by atoms with Crippen molar-refractivity contribution in [3.05, 3.63) is 59.9 Å². The van der Waals surface area contributed by atoms with Gasteiger partial charge in [-0.3, -0.25) is 14.7 Å². The maximum Gasteiger partial charge on any atom is 0.250 e. The van der Waals surface area contributed by atoms with Crippen LogP contribution in [-0.2, 0) is 17.9 Å². The third-order valence-corrected chi connectivity index (χ3v) is 4.47. The Hall–Kier alpha value is -2.44. The van der Waals surface area contributed by atoms with Crippen LogP contribution in [0.1, 0.15) is 24.0 Å². The minimum absolute atomic E-state index is 0.279. The van der Waals surface area contributed by atoms with E-state index in [0.717, 1.165) is 29.8 Å². The number of primary amides is 1. The Morgan fingerprint density at radius 2 is 2.08 bits per heavy atom. The van der Waals surface area contributed by atoms with E-state index in [9.17, 15) is 9.90 Å². The molecule has 25 heavy (non-hydrogen) atoms. The maximum absolute atomic E-state index is 11.4. The third kappa shape index (κ3) is 4.55. The van der Waals surface area contributed by atoms with Gasteiger partial charge < -0.3 is 15.6 Å². The van der Waals surface area contributed by atoms with Gasteiger partial charge in [-0.25, -0.2) is 0 Å². The SMILES string of the molecule is NC(=O)C1(O)CCCN(Cc2ccc(OCc3cccnc3)cc2)C1. The molecule has 1 aromatic carbocycles. The lowest BCUT2D eigenvalue weighted by Crippen LogP contribution is -2.55. The van der Waals surface area contributed by atoms with Gasteiger partial charge in [-0.2, -0.15) is 0 Å². The number of benzene rings is 1. The normalized spacial score (nSPS) is 21.0. The smallest absolute Gasteiger partial charge is 0.250 e. The average Bonchev–Trinajstić information content (AvgIpc) is 2.62. The summed E-state index contributed by atoms with van der Waals surface area (Å²) in [6.45, 7) is 2.26. The van der Waals surface area contributed by atoms with Crippen molar-refractivity contribution in [2.75, 3.05) is 13.1 Å². The molecule has 6 nitrogen and oxygen atoms in total. The van der Waals surface area contributed by atoms with Crippen molar-refractivity contribution in [1.29, 1.82) is 0 Å². The van der Waals surface area contributed by atoms with Crippen LogP contribution in [0.4, 0.5) is 0 Å². The number of ether oxygens (including phenoxy) is 1. The number of β-amino-alcohol motifs (C(OH)–C–C–N with tert-alkyl or cyclic N) is 1. The van der Waals surface area contributed by atoms with E-state index in [0.29, 0.717) is 19.6 Å². The van der Waals surface area contributed by atoms with Crippen molar-refractivity contribution in [3.8, 4) is 5.75 Å². The highest BCUT2D eigenvalue weighted by Gasteiger charge is 2.38. The summed E-state index contributed by atoms with van der Waals surface area (Å²) in [7, 11) is 0. The van der Waals surface area contributed by atoms with Crippen LogP contribution < -0.4 is 10.5 Å². The van der Waals surface area contributed by atoms with Gasteiger partial charge in [0.05, 0.1) is 0 Å². The molecule has 0 spiro atoms. The monoisotopic (exact) mass is 341 g/mol. The number of piperidine rings is 1. The lowest BCUT2D eigenvalue weighted by molar-refractivity contribution is -0.142. The summed E-state index contributed by atoms with van der Waals surface area (Å²) in [5, 5.41) is 10.3. The predicted molar refractivity (Wildman–Crippen MR) is 93.7 cm³/mol. The fraction of sp³-hybridized carbons (Fsp3) is 0.368. The van der Waals surface area contributed by atoms with Crippen LogP contribution in [0.15, 0.2) is 48.8 Å². The first-order chi connectivity index (χ1) is 12.0. The molecule has 2 aromatic rings. The molecule has 1 amide bonds. The molecule has 1 unspecified atom stereocenters. The molecule has 0 aliphatic carbocycles. The zero-order chi connectivity index (χ0) is 17.7. The van der Waals surface area contributed by atoms with Crippen LogP contribution in [-0.4, -0.2) is 39.6 Å². The molecule has 1 atom stereocenters.